The summed E-state index contributed by atoms with van der Waals surface area (Å²) in [7, 11) is 21.8. The molecule has 2 N–H and O–H groups in total. The summed E-state index contributed by atoms with van der Waals surface area (Å²) in [5.74, 6) is 0. The summed E-state index contributed by atoms with van der Waals surface area (Å²) in [5.41, 5.74) is 7.01. The van der Waals surface area contributed by atoms with E-state index in [1.807, 2.05) is 0 Å². The van der Waals surface area contributed by atoms with E-state index in [0.717, 1.165) is 0 Å². The lowest BCUT2D eigenvalue weighted by Gasteiger charge is -2.12. The molecule has 0 saturated carbocycles. The van der Waals surface area contributed by atoms with Crippen LogP contribution >= 0.6 is 0 Å². The van der Waals surface area contributed by atoms with Gasteiger partial charge in [-0.15, -0.1) is 10.9 Å². The van der Waals surface area contributed by atoms with Gasteiger partial charge in [0, 0.05) is 5.69 Å². The van der Waals surface area contributed by atoms with Crippen molar-refractivity contribution in [2.75, 3.05) is 5.73 Å². The lowest BCUT2D eigenvalue weighted by molar-refractivity contribution is 1.89. The lowest BCUT2D eigenvalue weighted by Crippen LogP contribution is -2.42. The molecule has 0 heterocycles. The molecule has 0 aliphatic rings. The van der Waals surface area contributed by atoms with Crippen molar-refractivity contribution < 1.29 is 0 Å². The third-order valence-electron chi connectivity index (χ3n) is 1.51. The van der Waals surface area contributed by atoms with Crippen molar-refractivity contribution >= 4 is 58.9 Å². The Balaban J connectivity index is 3.46. The van der Waals surface area contributed by atoms with E-state index in [4.69, 9.17) is 37.1 Å². The molecule has 11 heavy (non-hydrogen) atoms. The molecule has 0 aliphatic heterocycles. The van der Waals surface area contributed by atoms with Crippen molar-refractivity contribution in [1.82, 2.24) is 0 Å². The highest BCUT2D eigenvalue weighted by molar-refractivity contribution is 6.59. The highest BCUT2D eigenvalue weighted by Gasteiger charge is 2.01. The van der Waals surface area contributed by atoms with Crippen LogP contribution in [0.3, 0.4) is 0 Å². The van der Waals surface area contributed by atoms with Gasteiger partial charge in [0.15, 0.2) is 0 Å². The molecular formula is C6H3B4N. The summed E-state index contributed by atoms with van der Waals surface area (Å²) >= 11 is 0. The second-order valence-electron chi connectivity index (χ2n) is 2.30. The number of anilines is 1. The fourth-order valence-electron chi connectivity index (χ4n) is 0.779. The van der Waals surface area contributed by atoms with E-state index in [1.165, 1.54) is 6.07 Å². The number of rotatable bonds is 0. The summed E-state index contributed by atoms with van der Waals surface area (Å²) in [4.78, 5) is 0. The predicted molar refractivity (Wildman–Crippen MR) is 52.4 cm³/mol. The second-order valence-corrected chi connectivity index (χ2v) is 2.30. The molecule has 0 fully saturated rings. The normalized spacial score (nSPS) is 9.82. The maximum absolute atomic E-state index is 5.47. The minimum Gasteiger partial charge on any atom is -0.400 e. The van der Waals surface area contributed by atoms with E-state index >= 15 is 0 Å². The molecular weight excluding hydrogens is 129 g/mol. The van der Waals surface area contributed by atoms with Crippen molar-refractivity contribution in [3.05, 3.63) is 6.07 Å². The fraction of sp³-hybridized carbons (Fsp3) is 0. The molecule has 1 aromatic rings. The van der Waals surface area contributed by atoms with Crippen LogP contribution in [0, 0.1) is 0 Å². The first-order chi connectivity index (χ1) is 5.04. The number of benzene rings is 1. The van der Waals surface area contributed by atoms with Gasteiger partial charge in [0.2, 0.25) is 0 Å². The Labute approximate surface area is 71.4 Å². The molecule has 0 atom stereocenters. The maximum Gasteiger partial charge on any atom is 0.115 e. The van der Waals surface area contributed by atoms with Gasteiger partial charge in [-0.3, -0.25) is 0 Å². The van der Waals surface area contributed by atoms with E-state index in [9.17, 15) is 0 Å². The zero-order chi connectivity index (χ0) is 8.59. The Morgan fingerprint density at radius 3 is 1.64 bits per heavy atom. The lowest BCUT2D eigenvalue weighted by atomic mass is 9.69. The van der Waals surface area contributed by atoms with Crippen molar-refractivity contribution in [2.24, 2.45) is 0 Å². The van der Waals surface area contributed by atoms with Crippen LogP contribution in [0.15, 0.2) is 6.07 Å². The van der Waals surface area contributed by atoms with Gasteiger partial charge in [0.05, 0.1) is 0 Å². The van der Waals surface area contributed by atoms with Crippen LogP contribution in [0.5, 0.6) is 0 Å². The average molecular weight is 132 g/mol. The van der Waals surface area contributed by atoms with E-state index in [-0.39, 0.29) is 16.6 Å². The van der Waals surface area contributed by atoms with Crippen molar-refractivity contribution in [2.45, 2.75) is 0 Å². The van der Waals surface area contributed by atoms with Crippen LogP contribution in [0.25, 0.3) is 0 Å². The van der Waals surface area contributed by atoms with Gasteiger partial charge in [0.1, 0.15) is 31.4 Å². The third-order valence-corrected chi connectivity index (χ3v) is 1.51. The van der Waals surface area contributed by atoms with Crippen LogP contribution in [0.1, 0.15) is 0 Å². The second kappa shape index (κ2) is 2.72. The summed E-state index contributed by atoms with van der Waals surface area (Å²) in [5, 5.41) is 0. The Morgan fingerprint density at radius 2 is 1.27 bits per heavy atom. The largest absolute Gasteiger partial charge is 0.400 e. The van der Waals surface area contributed by atoms with E-state index in [1.54, 1.807) is 0 Å². The monoisotopic (exact) mass is 133 g/mol. The summed E-state index contributed by atoms with van der Waals surface area (Å²) in [6.45, 7) is 0. The average Bonchev–Trinajstić information content (AvgIpc) is 1.97. The molecule has 1 nitrogen and oxygen atoms in total. The molecule has 44 valence electrons. The predicted octanol–water partition coefficient (Wildman–Crippen LogP) is -3.56. The first-order valence-corrected chi connectivity index (χ1v) is 3.02. The zero-order valence-electron chi connectivity index (χ0n) is 5.96. The first-order valence-electron chi connectivity index (χ1n) is 3.02. The van der Waals surface area contributed by atoms with Crippen LogP contribution < -0.4 is 27.6 Å². The quantitative estimate of drug-likeness (QED) is 0.287. The minimum absolute atomic E-state index is 0.252. The summed E-state index contributed by atoms with van der Waals surface area (Å²) in [6.07, 6.45) is 0. The van der Waals surface area contributed by atoms with Crippen molar-refractivity contribution in [3.63, 3.8) is 0 Å². The van der Waals surface area contributed by atoms with Gasteiger partial charge >= 0.3 is 0 Å². The van der Waals surface area contributed by atoms with Gasteiger partial charge < -0.3 is 5.73 Å². The summed E-state index contributed by atoms with van der Waals surface area (Å²) in [6, 6.07) is 1.49. The van der Waals surface area contributed by atoms with Gasteiger partial charge in [-0.25, -0.2) is 0 Å². The Hall–Kier alpha value is -0.720. The van der Waals surface area contributed by atoms with Crippen LogP contribution in [0.4, 0.5) is 5.69 Å². The van der Waals surface area contributed by atoms with Gasteiger partial charge in [-0.05, 0) is 0 Å². The van der Waals surface area contributed by atoms with Gasteiger partial charge in [0.25, 0.3) is 0 Å². The van der Waals surface area contributed by atoms with Crippen LogP contribution in [0.2, 0.25) is 0 Å². The number of hydrogen-bond donors (Lipinski definition) is 1. The van der Waals surface area contributed by atoms with E-state index in [0.29, 0.717) is 10.9 Å². The van der Waals surface area contributed by atoms with Gasteiger partial charge in [-0.1, -0.05) is 17.0 Å². The molecule has 0 saturated heterocycles. The van der Waals surface area contributed by atoms with Crippen molar-refractivity contribution in [1.29, 1.82) is 0 Å². The van der Waals surface area contributed by atoms with E-state index < -0.39 is 0 Å². The standard InChI is InChI=1S/C6H3B4N/c7-2-1-3(8)5(10)6(11)4(2)9/h1H,11H2. The van der Waals surface area contributed by atoms with E-state index in [2.05, 4.69) is 0 Å². The van der Waals surface area contributed by atoms with Crippen molar-refractivity contribution in [3.8, 4) is 0 Å². The Morgan fingerprint density at radius 1 is 0.909 bits per heavy atom. The zero-order valence-corrected chi connectivity index (χ0v) is 5.96. The fourth-order valence-corrected chi connectivity index (χ4v) is 0.779. The SMILES string of the molecule is [B]c1cc([B])c([B])c(N)c1[B]. The highest BCUT2D eigenvalue weighted by atomic mass is 14.6. The molecule has 0 aliphatic carbocycles. The first kappa shape index (κ1) is 8.38. The maximum atomic E-state index is 5.47. The third kappa shape index (κ3) is 1.32. The molecule has 8 radical (unpaired) electrons. The van der Waals surface area contributed by atoms with Gasteiger partial charge in [-0.2, -0.15) is 0 Å². The summed E-state index contributed by atoms with van der Waals surface area (Å²) < 4.78 is 0. The number of hydrogen-bond acceptors (Lipinski definition) is 1. The number of nitrogens with two attached hydrogens (primary N) is 1. The molecule has 0 spiro atoms. The minimum atomic E-state index is 0.252. The molecule has 1 aromatic carbocycles. The molecule has 1 rings (SSSR count). The Bertz CT molecular complexity index is 271. The molecule has 0 amide bonds. The molecule has 0 aromatic heterocycles. The molecule has 5 heteroatoms. The highest BCUT2D eigenvalue weighted by Crippen LogP contribution is 1.83. The smallest absolute Gasteiger partial charge is 0.115 e. The van der Waals surface area contributed by atoms with Crippen LogP contribution in [-0.2, 0) is 0 Å². The molecule has 0 unspecified atom stereocenters. The molecule has 0 bridgehead atoms. The topological polar surface area (TPSA) is 26.0 Å². The number of nitrogen functional groups attached to an aromatic ring is 1. The van der Waals surface area contributed by atoms with Crippen LogP contribution in [-0.4, -0.2) is 31.4 Å². The Kier molecular flexibility index (Phi) is 2.08.